The zero-order chi connectivity index (χ0) is 20.4. The van der Waals surface area contributed by atoms with E-state index in [-0.39, 0.29) is 0 Å². The van der Waals surface area contributed by atoms with Gasteiger partial charge in [0.05, 0.1) is 5.52 Å². The molecule has 0 unspecified atom stereocenters. The minimum atomic E-state index is -4.64. The Morgan fingerprint density at radius 3 is 2.41 bits per heavy atom. The highest BCUT2D eigenvalue weighted by atomic mass is 35.5. The van der Waals surface area contributed by atoms with Crippen molar-refractivity contribution in [3.63, 3.8) is 0 Å². The molecule has 152 valence electrons. The van der Waals surface area contributed by atoms with Crippen LogP contribution in [0.25, 0.3) is 10.9 Å². The Hall–Kier alpha value is -1.21. The topological polar surface area (TPSA) is 106 Å². The van der Waals surface area contributed by atoms with Gasteiger partial charge >= 0.3 is 7.82 Å². The second-order valence-corrected chi connectivity index (χ2v) is 7.61. The molecule has 0 amide bonds. The van der Waals surface area contributed by atoms with Crippen molar-refractivity contribution in [1.82, 2.24) is 9.88 Å². The van der Waals surface area contributed by atoms with Crippen LogP contribution in [0.4, 0.5) is 5.69 Å². The van der Waals surface area contributed by atoms with Crippen molar-refractivity contribution in [2.45, 2.75) is 33.6 Å². The van der Waals surface area contributed by atoms with Crippen molar-refractivity contribution >= 4 is 36.0 Å². The monoisotopic (exact) mass is 417 g/mol. The molecule has 9 heteroatoms. The fourth-order valence-corrected chi connectivity index (χ4v) is 2.88. The minimum Gasteiger partial charge on any atom is -0.384 e. The summed E-state index contributed by atoms with van der Waals surface area (Å²) in [6.07, 6.45) is 4.31. The maximum atomic E-state index is 8.88. The third-order valence-electron chi connectivity index (χ3n) is 4.12. The van der Waals surface area contributed by atoms with Crippen LogP contribution in [0.5, 0.6) is 0 Å². The molecule has 1 aromatic heterocycles. The molecular formula is C18H29ClN3O4P. The first-order valence-electron chi connectivity index (χ1n) is 8.95. The quantitative estimate of drug-likeness (QED) is 0.382. The fourth-order valence-electron chi connectivity index (χ4n) is 2.71. The number of halogens is 1. The number of nitrogens with one attached hydrogen (secondary N) is 1. The van der Waals surface area contributed by atoms with Gasteiger partial charge in [0, 0.05) is 28.8 Å². The smallest absolute Gasteiger partial charge is 0.384 e. The summed E-state index contributed by atoms with van der Waals surface area (Å²) in [6.45, 7) is 11.0. The highest BCUT2D eigenvalue weighted by Crippen LogP contribution is 2.27. The van der Waals surface area contributed by atoms with Crippen LogP contribution in [0.15, 0.2) is 24.4 Å². The molecule has 0 aliphatic heterocycles. The number of nitrogens with zero attached hydrogens (tertiary/aromatic N) is 2. The summed E-state index contributed by atoms with van der Waals surface area (Å²) in [5.74, 6) is 0. The Morgan fingerprint density at radius 1 is 1.19 bits per heavy atom. The number of unbranched alkanes of at least 4 members (excludes halogenated alkanes) is 1. The van der Waals surface area contributed by atoms with Crippen molar-refractivity contribution in [2.24, 2.45) is 0 Å². The number of aromatic nitrogens is 1. The Balaban J connectivity index is 0.000000646. The van der Waals surface area contributed by atoms with Crippen LogP contribution in [-0.2, 0) is 4.57 Å². The van der Waals surface area contributed by atoms with E-state index in [0.717, 1.165) is 35.6 Å². The first-order chi connectivity index (χ1) is 12.7. The molecular weight excluding hydrogens is 389 g/mol. The normalized spacial score (nSPS) is 11.4. The van der Waals surface area contributed by atoms with E-state index >= 15 is 0 Å². The Morgan fingerprint density at radius 2 is 1.81 bits per heavy atom. The van der Waals surface area contributed by atoms with Crippen LogP contribution in [0, 0.1) is 6.92 Å². The predicted octanol–water partition coefficient (Wildman–Crippen LogP) is 3.80. The molecule has 0 spiro atoms. The van der Waals surface area contributed by atoms with Gasteiger partial charge in [0.15, 0.2) is 0 Å². The molecule has 1 heterocycles. The molecule has 2 aromatic rings. The third-order valence-corrected chi connectivity index (χ3v) is 4.35. The van der Waals surface area contributed by atoms with E-state index in [1.807, 2.05) is 18.3 Å². The van der Waals surface area contributed by atoms with Crippen LogP contribution < -0.4 is 5.32 Å². The molecule has 0 fully saturated rings. The van der Waals surface area contributed by atoms with E-state index < -0.39 is 7.82 Å². The van der Waals surface area contributed by atoms with E-state index in [1.54, 1.807) is 0 Å². The Kier molecular flexibility index (Phi) is 10.2. The highest BCUT2D eigenvalue weighted by Gasteiger charge is 2.06. The number of anilines is 1. The average molecular weight is 418 g/mol. The van der Waals surface area contributed by atoms with Crippen LogP contribution >= 0.6 is 19.4 Å². The van der Waals surface area contributed by atoms with E-state index in [2.05, 4.69) is 42.0 Å². The van der Waals surface area contributed by atoms with E-state index in [0.29, 0.717) is 0 Å². The predicted molar refractivity (Wildman–Crippen MR) is 111 cm³/mol. The van der Waals surface area contributed by atoms with Crippen molar-refractivity contribution in [3.05, 3.63) is 35.0 Å². The van der Waals surface area contributed by atoms with Crippen molar-refractivity contribution < 1.29 is 19.2 Å². The maximum Gasteiger partial charge on any atom is 0.466 e. The lowest BCUT2D eigenvalue weighted by molar-refractivity contribution is 0.275. The molecule has 1 aromatic carbocycles. The molecule has 27 heavy (non-hydrogen) atoms. The first-order valence-corrected chi connectivity index (χ1v) is 10.9. The van der Waals surface area contributed by atoms with Crippen LogP contribution in [0.2, 0.25) is 5.02 Å². The molecule has 0 bridgehead atoms. The molecule has 0 saturated heterocycles. The van der Waals surface area contributed by atoms with Crippen molar-refractivity contribution in [2.75, 3.05) is 31.5 Å². The summed E-state index contributed by atoms with van der Waals surface area (Å²) >= 11 is 6.05. The van der Waals surface area contributed by atoms with Gasteiger partial charge in [0.25, 0.3) is 0 Å². The second-order valence-electron chi connectivity index (χ2n) is 6.15. The number of fused-ring (bicyclic) bond motifs is 1. The number of aryl methyl sites for hydroxylation is 1. The Bertz CT molecular complexity index is 757. The molecule has 7 nitrogen and oxygen atoms in total. The summed E-state index contributed by atoms with van der Waals surface area (Å²) < 4.78 is 8.88. The van der Waals surface area contributed by atoms with Crippen molar-refractivity contribution in [3.8, 4) is 0 Å². The summed E-state index contributed by atoms with van der Waals surface area (Å²) in [4.78, 5) is 28.5. The summed E-state index contributed by atoms with van der Waals surface area (Å²) in [5, 5.41) is 5.46. The van der Waals surface area contributed by atoms with Gasteiger partial charge in [-0.3, -0.25) is 4.98 Å². The second kappa shape index (κ2) is 11.6. The number of hydrogen-bond acceptors (Lipinski definition) is 4. The van der Waals surface area contributed by atoms with Gasteiger partial charge in [-0.15, -0.1) is 0 Å². The first kappa shape index (κ1) is 23.8. The molecule has 0 atom stereocenters. The minimum absolute atomic E-state index is 0.731. The van der Waals surface area contributed by atoms with Gasteiger partial charge in [-0.05, 0) is 63.2 Å². The van der Waals surface area contributed by atoms with Gasteiger partial charge in [-0.1, -0.05) is 25.4 Å². The molecule has 0 radical (unpaired) electrons. The molecule has 0 saturated carbocycles. The molecule has 0 aliphatic carbocycles. The number of rotatable bonds is 8. The molecule has 4 N–H and O–H groups in total. The molecule has 2 rings (SSSR count). The van der Waals surface area contributed by atoms with Crippen LogP contribution in [0.3, 0.4) is 0 Å². The van der Waals surface area contributed by atoms with Gasteiger partial charge in [0.2, 0.25) is 0 Å². The lowest BCUT2D eigenvalue weighted by Gasteiger charge is -2.18. The summed E-state index contributed by atoms with van der Waals surface area (Å²) in [6, 6.07) is 5.90. The summed E-state index contributed by atoms with van der Waals surface area (Å²) in [7, 11) is -4.64. The average Bonchev–Trinajstić information content (AvgIpc) is 2.58. The molecule has 0 aliphatic rings. The van der Waals surface area contributed by atoms with Crippen molar-refractivity contribution in [1.29, 1.82) is 0 Å². The number of phosphoric acid groups is 1. The maximum absolute atomic E-state index is 8.88. The van der Waals surface area contributed by atoms with E-state index in [4.69, 9.17) is 30.8 Å². The van der Waals surface area contributed by atoms with Gasteiger partial charge in [-0.2, -0.15) is 0 Å². The van der Waals surface area contributed by atoms with Gasteiger partial charge < -0.3 is 24.9 Å². The fraction of sp³-hybridized carbons (Fsp3) is 0.500. The number of hydrogen-bond donors (Lipinski definition) is 4. The largest absolute Gasteiger partial charge is 0.466 e. The van der Waals surface area contributed by atoms with Gasteiger partial charge in [0.1, 0.15) is 0 Å². The van der Waals surface area contributed by atoms with E-state index in [9.17, 15) is 0 Å². The van der Waals surface area contributed by atoms with Crippen LogP contribution in [-0.4, -0.2) is 50.7 Å². The third kappa shape index (κ3) is 9.51. The van der Waals surface area contributed by atoms with Crippen LogP contribution in [0.1, 0.15) is 32.3 Å². The van der Waals surface area contributed by atoms with E-state index in [1.165, 1.54) is 30.6 Å². The Labute approximate surface area is 165 Å². The number of benzene rings is 1. The summed E-state index contributed by atoms with van der Waals surface area (Å²) in [5.41, 5.74) is 3.31. The lowest BCUT2D eigenvalue weighted by atomic mass is 10.1. The zero-order valence-corrected chi connectivity index (χ0v) is 17.7. The SMILES string of the molecule is CCN(CC)CCCCNc1c(C)cnc2cc(Cl)ccc12.O=P(O)(O)O. The zero-order valence-electron chi connectivity index (χ0n) is 16.0. The lowest BCUT2D eigenvalue weighted by Crippen LogP contribution is -2.24. The highest BCUT2D eigenvalue weighted by molar-refractivity contribution is 7.45. The standard InChI is InChI=1S/C18H26ClN3.H3O4P/c1-4-22(5-2)11-7-6-10-20-18-14(3)13-21-17-12-15(19)8-9-16(17)18;1-5(2,3)4/h8-9,12-13H,4-7,10-11H2,1-3H3,(H,20,21);(H3,1,2,3,4). The number of pyridine rings is 1. The van der Waals surface area contributed by atoms with Gasteiger partial charge in [-0.25, -0.2) is 4.57 Å².